The van der Waals surface area contributed by atoms with E-state index in [1.165, 1.54) is 12.1 Å². The number of sulfonamides is 1. The molecule has 0 atom stereocenters. The van der Waals surface area contributed by atoms with E-state index in [9.17, 15) is 13.2 Å². The molecule has 0 aliphatic heterocycles. The minimum atomic E-state index is -3.67. The van der Waals surface area contributed by atoms with Crippen LogP contribution in [0.25, 0.3) is 0 Å². The molecule has 2 aromatic carbocycles. The monoisotopic (exact) mass is 347 g/mol. The molecule has 2 aromatic rings. The smallest absolute Gasteiger partial charge is 0.317 e. The van der Waals surface area contributed by atoms with E-state index in [2.05, 4.69) is 5.32 Å². The highest BCUT2D eigenvalue weighted by Crippen LogP contribution is 2.09. The highest BCUT2D eigenvalue weighted by molar-refractivity contribution is 7.89. The summed E-state index contributed by atoms with van der Waals surface area (Å²) in [6.45, 7) is 1.00. The van der Waals surface area contributed by atoms with E-state index < -0.39 is 10.0 Å². The fraction of sp³-hybridized carbons (Fsp3) is 0.235. The van der Waals surface area contributed by atoms with E-state index in [4.69, 9.17) is 5.14 Å². The normalized spacial score (nSPS) is 11.1. The largest absolute Gasteiger partial charge is 0.338 e. The molecule has 0 bridgehead atoms. The quantitative estimate of drug-likeness (QED) is 0.833. The third kappa shape index (κ3) is 5.36. The van der Waals surface area contributed by atoms with Crippen molar-refractivity contribution in [2.75, 3.05) is 13.6 Å². The van der Waals surface area contributed by atoms with Crippen molar-refractivity contribution in [1.29, 1.82) is 0 Å². The maximum absolute atomic E-state index is 12.0. The van der Waals surface area contributed by atoms with Crippen molar-refractivity contribution < 1.29 is 13.2 Å². The molecule has 0 aliphatic rings. The van der Waals surface area contributed by atoms with E-state index in [1.807, 2.05) is 30.3 Å². The molecule has 3 N–H and O–H groups in total. The molecular weight excluding hydrogens is 326 g/mol. The maximum Gasteiger partial charge on any atom is 0.317 e. The Kier molecular flexibility index (Phi) is 5.94. The molecule has 2 amide bonds. The Morgan fingerprint density at radius 3 is 2.25 bits per heavy atom. The number of carbonyl (C=O) groups excluding carboxylic acids is 1. The van der Waals surface area contributed by atoms with Gasteiger partial charge in [0.25, 0.3) is 0 Å². The van der Waals surface area contributed by atoms with Gasteiger partial charge in [-0.2, -0.15) is 0 Å². The van der Waals surface area contributed by atoms with Crippen molar-refractivity contribution in [3.05, 3.63) is 65.7 Å². The summed E-state index contributed by atoms with van der Waals surface area (Å²) in [6.07, 6.45) is 0.607. The van der Waals surface area contributed by atoms with Crippen molar-refractivity contribution >= 4 is 16.1 Å². The number of primary sulfonamides is 1. The maximum atomic E-state index is 12.0. The molecule has 0 saturated heterocycles. The van der Waals surface area contributed by atoms with Crippen molar-refractivity contribution in [3.63, 3.8) is 0 Å². The number of carbonyl (C=O) groups is 1. The molecule has 7 heteroatoms. The van der Waals surface area contributed by atoms with E-state index in [0.29, 0.717) is 19.5 Å². The molecule has 0 aromatic heterocycles. The van der Waals surface area contributed by atoms with Gasteiger partial charge in [0.2, 0.25) is 10.0 Å². The standard InChI is InChI=1S/C17H21N3O3S/c1-20(13-15-5-3-2-4-6-15)17(21)19-12-11-14-7-9-16(10-8-14)24(18,22)23/h2-10H,11-13H2,1H3,(H,19,21)(H2,18,22,23). The summed E-state index contributed by atoms with van der Waals surface area (Å²) < 4.78 is 22.4. The zero-order valence-electron chi connectivity index (χ0n) is 13.5. The van der Waals surface area contributed by atoms with Crippen molar-refractivity contribution in [2.24, 2.45) is 5.14 Å². The molecule has 0 spiro atoms. The third-order valence-electron chi connectivity index (χ3n) is 3.55. The number of hydrogen-bond donors (Lipinski definition) is 2. The fourth-order valence-electron chi connectivity index (χ4n) is 2.22. The highest BCUT2D eigenvalue weighted by Gasteiger charge is 2.09. The van der Waals surface area contributed by atoms with Crippen LogP contribution >= 0.6 is 0 Å². The van der Waals surface area contributed by atoms with Gasteiger partial charge in [0.15, 0.2) is 0 Å². The van der Waals surface area contributed by atoms with Crippen LogP contribution in [0.3, 0.4) is 0 Å². The summed E-state index contributed by atoms with van der Waals surface area (Å²) in [6, 6.07) is 15.9. The third-order valence-corrected chi connectivity index (χ3v) is 4.48. The van der Waals surface area contributed by atoms with Crippen LogP contribution in [0.15, 0.2) is 59.5 Å². The summed E-state index contributed by atoms with van der Waals surface area (Å²) in [5.74, 6) is 0. The fourth-order valence-corrected chi connectivity index (χ4v) is 2.74. The predicted molar refractivity (Wildman–Crippen MR) is 92.8 cm³/mol. The lowest BCUT2D eigenvalue weighted by Gasteiger charge is -2.18. The van der Waals surface area contributed by atoms with Gasteiger partial charge in [-0.05, 0) is 29.7 Å². The summed E-state index contributed by atoms with van der Waals surface area (Å²) in [4.78, 5) is 13.7. The molecule has 0 fully saturated rings. The first-order valence-corrected chi connectivity index (χ1v) is 9.05. The highest BCUT2D eigenvalue weighted by atomic mass is 32.2. The zero-order valence-corrected chi connectivity index (χ0v) is 14.3. The SMILES string of the molecule is CN(Cc1ccccc1)C(=O)NCCc1ccc(S(N)(=O)=O)cc1. The van der Waals surface area contributed by atoms with Gasteiger partial charge >= 0.3 is 6.03 Å². The predicted octanol–water partition coefficient (Wildman–Crippen LogP) is 1.72. The van der Waals surface area contributed by atoms with Crippen LogP contribution in [0.1, 0.15) is 11.1 Å². The van der Waals surface area contributed by atoms with Gasteiger partial charge in [-0.1, -0.05) is 42.5 Å². The van der Waals surface area contributed by atoms with Crippen LogP contribution in [0.4, 0.5) is 4.79 Å². The van der Waals surface area contributed by atoms with Crippen molar-refractivity contribution in [1.82, 2.24) is 10.2 Å². The second-order valence-electron chi connectivity index (χ2n) is 5.51. The van der Waals surface area contributed by atoms with Crippen LogP contribution in [0.5, 0.6) is 0 Å². The van der Waals surface area contributed by atoms with Crippen LogP contribution < -0.4 is 10.5 Å². The number of hydrogen-bond acceptors (Lipinski definition) is 3. The van der Waals surface area contributed by atoms with Crippen molar-refractivity contribution in [2.45, 2.75) is 17.9 Å². The van der Waals surface area contributed by atoms with E-state index in [1.54, 1.807) is 24.1 Å². The second-order valence-corrected chi connectivity index (χ2v) is 7.07. The number of amides is 2. The van der Waals surface area contributed by atoms with Gasteiger partial charge in [-0.3, -0.25) is 0 Å². The van der Waals surface area contributed by atoms with Gasteiger partial charge < -0.3 is 10.2 Å². The number of urea groups is 1. The minimum Gasteiger partial charge on any atom is -0.338 e. The van der Waals surface area contributed by atoms with E-state index >= 15 is 0 Å². The molecule has 0 aliphatic carbocycles. The van der Waals surface area contributed by atoms with Crippen LogP contribution in [0.2, 0.25) is 0 Å². The average Bonchev–Trinajstić information content (AvgIpc) is 2.55. The molecule has 0 saturated carbocycles. The molecule has 0 heterocycles. The van der Waals surface area contributed by atoms with Gasteiger partial charge in [0.05, 0.1) is 4.90 Å². The Bertz CT molecular complexity index is 774. The Morgan fingerprint density at radius 2 is 1.67 bits per heavy atom. The van der Waals surface area contributed by atoms with Crippen LogP contribution in [-0.4, -0.2) is 32.9 Å². The Balaban J connectivity index is 1.80. The zero-order chi connectivity index (χ0) is 17.6. The molecule has 0 unspecified atom stereocenters. The summed E-state index contributed by atoms with van der Waals surface area (Å²) >= 11 is 0. The van der Waals surface area contributed by atoms with Gasteiger partial charge in [-0.15, -0.1) is 0 Å². The Labute approximate surface area is 142 Å². The first-order valence-electron chi connectivity index (χ1n) is 7.51. The van der Waals surface area contributed by atoms with Crippen LogP contribution in [-0.2, 0) is 23.0 Å². The van der Waals surface area contributed by atoms with Crippen molar-refractivity contribution in [3.8, 4) is 0 Å². The number of nitrogens with two attached hydrogens (primary N) is 1. The lowest BCUT2D eigenvalue weighted by atomic mass is 10.1. The van der Waals surface area contributed by atoms with Gasteiger partial charge in [0.1, 0.15) is 0 Å². The number of benzene rings is 2. The van der Waals surface area contributed by atoms with Gasteiger partial charge in [-0.25, -0.2) is 18.4 Å². The second kappa shape index (κ2) is 7.94. The lowest BCUT2D eigenvalue weighted by Crippen LogP contribution is -2.37. The first kappa shape index (κ1) is 18.0. The molecule has 6 nitrogen and oxygen atoms in total. The first-order chi connectivity index (χ1) is 11.4. The Morgan fingerprint density at radius 1 is 1.04 bits per heavy atom. The topological polar surface area (TPSA) is 92.5 Å². The number of nitrogens with one attached hydrogen (secondary N) is 1. The average molecular weight is 347 g/mol. The molecule has 0 radical (unpaired) electrons. The lowest BCUT2D eigenvalue weighted by molar-refractivity contribution is 0.207. The Hall–Kier alpha value is -2.38. The summed E-state index contributed by atoms with van der Waals surface area (Å²) in [7, 11) is -1.93. The number of rotatable bonds is 6. The van der Waals surface area contributed by atoms with E-state index in [-0.39, 0.29) is 10.9 Å². The number of nitrogens with zero attached hydrogens (tertiary/aromatic N) is 1. The molecule has 2 rings (SSSR count). The minimum absolute atomic E-state index is 0.0814. The van der Waals surface area contributed by atoms with Gasteiger partial charge in [0, 0.05) is 20.1 Å². The molecule has 128 valence electrons. The molecular formula is C17H21N3O3S. The summed E-state index contributed by atoms with van der Waals surface area (Å²) in [5, 5.41) is 7.89. The van der Waals surface area contributed by atoms with E-state index in [0.717, 1.165) is 11.1 Å². The summed E-state index contributed by atoms with van der Waals surface area (Å²) in [5.41, 5.74) is 1.99. The van der Waals surface area contributed by atoms with Crippen LogP contribution in [0, 0.1) is 0 Å². The molecule has 24 heavy (non-hydrogen) atoms.